The maximum Gasteiger partial charge on any atom is 0.253 e. The lowest BCUT2D eigenvalue weighted by Crippen LogP contribution is -2.41. The van der Waals surface area contributed by atoms with Gasteiger partial charge in [-0.15, -0.1) is 0 Å². The molecular formula is C24H28FN3O3. The Balaban J connectivity index is 1.57. The van der Waals surface area contributed by atoms with Gasteiger partial charge in [-0.3, -0.25) is 14.4 Å². The van der Waals surface area contributed by atoms with E-state index >= 15 is 0 Å². The van der Waals surface area contributed by atoms with Crippen molar-refractivity contribution < 1.29 is 18.8 Å². The van der Waals surface area contributed by atoms with Crippen LogP contribution < -0.4 is 10.6 Å². The first-order chi connectivity index (χ1) is 15.0. The molecule has 2 N–H and O–H groups in total. The minimum absolute atomic E-state index is 0.160. The summed E-state index contributed by atoms with van der Waals surface area (Å²) in [5.74, 6) is -1.30. The summed E-state index contributed by atoms with van der Waals surface area (Å²) in [4.78, 5) is 39.4. The molecule has 3 amide bonds. The molecule has 1 fully saturated rings. The number of nitrogens with zero attached hydrogens (tertiary/aromatic N) is 1. The number of likely N-dealkylation sites (tertiary alicyclic amines) is 1. The number of hydrogen-bond donors (Lipinski definition) is 2. The average Bonchev–Trinajstić information content (AvgIpc) is 2.79. The minimum Gasteiger partial charge on any atom is -0.352 e. The summed E-state index contributed by atoms with van der Waals surface area (Å²) in [5, 5.41) is 5.75. The molecule has 31 heavy (non-hydrogen) atoms. The van der Waals surface area contributed by atoms with Crippen molar-refractivity contribution in [3.63, 3.8) is 0 Å². The highest BCUT2D eigenvalue weighted by Gasteiger charge is 2.28. The third-order valence-electron chi connectivity index (χ3n) is 5.47. The zero-order valence-electron chi connectivity index (χ0n) is 17.7. The number of anilines is 1. The molecule has 0 spiro atoms. The Hall–Kier alpha value is -3.22. The molecule has 2 aromatic rings. The van der Waals surface area contributed by atoms with Gasteiger partial charge in [0.25, 0.3) is 11.8 Å². The van der Waals surface area contributed by atoms with Crippen LogP contribution in [0, 0.1) is 11.7 Å². The Morgan fingerprint density at radius 2 is 1.81 bits per heavy atom. The highest BCUT2D eigenvalue weighted by Crippen LogP contribution is 2.23. The van der Waals surface area contributed by atoms with Gasteiger partial charge in [0.15, 0.2) is 0 Å². The van der Waals surface area contributed by atoms with E-state index in [2.05, 4.69) is 17.6 Å². The van der Waals surface area contributed by atoms with E-state index in [4.69, 9.17) is 0 Å². The number of amides is 3. The van der Waals surface area contributed by atoms with Crippen LogP contribution in [0.2, 0.25) is 0 Å². The van der Waals surface area contributed by atoms with E-state index in [0.717, 1.165) is 12.8 Å². The van der Waals surface area contributed by atoms with Gasteiger partial charge in [0.1, 0.15) is 5.82 Å². The van der Waals surface area contributed by atoms with E-state index in [1.54, 1.807) is 35.2 Å². The summed E-state index contributed by atoms with van der Waals surface area (Å²) in [6, 6.07) is 12.6. The smallest absolute Gasteiger partial charge is 0.253 e. The van der Waals surface area contributed by atoms with E-state index in [0.29, 0.717) is 49.3 Å². The predicted molar refractivity (Wildman–Crippen MR) is 117 cm³/mol. The van der Waals surface area contributed by atoms with E-state index < -0.39 is 5.82 Å². The van der Waals surface area contributed by atoms with Crippen LogP contribution >= 0.6 is 0 Å². The normalized spacial score (nSPS) is 14.2. The Morgan fingerprint density at radius 3 is 2.52 bits per heavy atom. The second-order valence-corrected chi connectivity index (χ2v) is 7.72. The number of halogens is 1. The number of para-hydroxylation sites is 1. The van der Waals surface area contributed by atoms with Crippen LogP contribution in [0.1, 0.15) is 53.3 Å². The standard InChI is InChI=1S/C24H28FN3O3/c1-2-3-13-26-23(30)20-9-4-5-10-21(20)27-22(29)17-11-14-28(15-12-17)24(31)18-7-6-8-19(25)16-18/h4-10,16-17H,2-3,11-15H2,1H3,(H,26,30)(H,27,29). The Morgan fingerprint density at radius 1 is 1.06 bits per heavy atom. The van der Waals surface area contributed by atoms with Gasteiger partial charge in [-0.1, -0.05) is 31.5 Å². The van der Waals surface area contributed by atoms with Gasteiger partial charge >= 0.3 is 0 Å². The molecule has 0 radical (unpaired) electrons. The number of unbranched alkanes of at least 4 members (excludes halogenated alkanes) is 1. The summed E-state index contributed by atoms with van der Waals surface area (Å²) < 4.78 is 13.4. The van der Waals surface area contributed by atoms with Crippen LogP contribution in [0.4, 0.5) is 10.1 Å². The molecule has 0 aromatic heterocycles. The molecule has 0 aliphatic carbocycles. The molecule has 6 nitrogen and oxygen atoms in total. The highest BCUT2D eigenvalue weighted by atomic mass is 19.1. The molecule has 0 bridgehead atoms. The van der Waals surface area contributed by atoms with Crippen molar-refractivity contribution in [1.29, 1.82) is 0 Å². The number of piperidine rings is 1. The molecular weight excluding hydrogens is 397 g/mol. The van der Waals surface area contributed by atoms with E-state index in [-0.39, 0.29) is 23.6 Å². The molecule has 3 rings (SSSR count). The topological polar surface area (TPSA) is 78.5 Å². The summed E-state index contributed by atoms with van der Waals surface area (Å²) in [6.07, 6.45) is 2.90. The van der Waals surface area contributed by atoms with Crippen LogP contribution in [-0.2, 0) is 4.79 Å². The average molecular weight is 426 g/mol. The number of nitrogens with one attached hydrogen (secondary N) is 2. The van der Waals surface area contributed by atoms with Crippen molar-refractivity contribution >= 4 is 23.4 Å². The second-order valence-electron chi connectivity index (χ2n) is 7.72. The lowest BCUT2D eigenvalue weighted by molar-refractivity contribution is -0.121. The zero-order chi connectivity index (χ0) is 22.2. The number of rotatable bonds is 7. The Kier molecular flexibility index (Phi) is 7.76. The lowest BCUT2D eigenvalue weighted by Gasteiger charge is -2.31. The first-order valence-corrected chi connectivity index (χ1v) is 10.7. The fourth-order valence-corrected chi connectivity index (χ4v) is 3.65. The van der Waals surface area contributed by atoms with Crippen LogP contribution in [0.5, 0.6) is 0 Å². The maximum atomic E-state index is 13.4. The van der Waals surface area contributed by atoms with E-state index in [1.807, 2.05) is 0 Å². The quantitative estimate of drug-likeness (QED) is 0.662. The molecule has 1 aliphatic heterocycles. The van der Waals surface area contributed by atoms with Crippen molar-refractivity contribution in [2.45, 2.75) is 32.6 Å². The van der Waals surface area contributed by atoms with Gasteiger partial charge in [0, 0.05) is 31.1 Å². The Labute approximate surface area is 181 Å². The minimum atomic E-state index is -0.447. The fraction of sp³-hybridized carbons (Fsp3) is 0.375. The molecule has 1 aliphatic rings. The largest absolute Gasteiger partial charge is 0.352 e. The van der Waals surface area contributed by atoms with Gasteiger partial charge < -0.3 is 15.5 Å². The van der Waals surface area contributed by atoms with Crippen molar-refractivity contribution in [1.82, 2.24) is 10.2 Å². The molecule has 1 saturated heterocycles. The first-order valence-electron chi connectivity index (χ1n) is 10.7. The predicted octanol–water partition coefficient (Wildman–Crippen LogP) is 3.85. The van der Waals surface area contributed by atoms with Crippen molar-refractivity contribution in [3.8, 4) is 0 Å². The summed E-state index contributed by atoms with van der Waals surface area (Å²) in [5.41, 5.74) is 1.23. The van der Waals surface area contributed by atoms with Crippen molar-refractivity contribution in [2.75, 3.05) is 25.0 Å². The van der Waals surface area contributed by atoms with Crippen LogP contribution in [0.15, 0.2) is 48.5 Å². The van der Waals surface area contributed by atoms with Crippen LogP contribution in [-0.4, -0.2) is 42.3 Å². The maximum absolute atomic E-state index is 13.4. The number of carbonyl (C=O) groups excluding carboxylic acids is 3. The highest BCUT2D eigenvalue weighted by molar-refractivity contribution is 6.04. The first kappa shape index (κ1) is 22.5. The molecule has 1 heterocycles. The van der Waals surface area contributed by atoms with Crippen molar-refractivity contribution in [3.05, 3.63) is 65.5 Å². The molecule has 2 aromatic carbocycles. The third-order valence-corrected chi connectivity index (χ3v) is 5.47. The molecule has 7 heteroatoms. The van der Waals surface area contributed by atoms with Crippen LogP contribution in [0.25, 0.3) is 0 Å². The molecule has 0 unspecified atom stereocenters. The number of hydrogen-bond acceptors (Lipinski definition) is 3. The van der Waals surface area contributed by atoms with Crippen molar-refractivity contribution in [2.24, 2.45) is 5.92 Å². The fourth-order valence-electron chi connectivity index (χ4n) is 3.65. The summed E-state index contributed by atoms with van der Waals surface area (Å²) in [7, 11) is 0. The number of carbonyl (C=O) groups is 3. The van der Waals surface area contributed by atoms with E-state index in [1.165, 1.54) is 18.2 Å². The molecule has 0 saturated carbocycles. The van der Waals surface area contributed by atoms with Gasteiger partial charge in [-0.25, -0.2) is 4.39 Å². The SMILES string of the molecule is CCCCNC(=O)c1ccccc1NC(=O)C1CCN(C(=O)c2cccc(F)c2)CC1. The van der Waals surface area contributed by atoms with Crippen LogP contribution in [0.3, 0.4) is 0 Å². The molecule has 164 valence electrons. The number of benzene rings is 2. The zero-order valence-corrected chi connectivity index (χ0v) is 17.7. The van der Waals surface area contributed by atoms with Gasteiger partial charge in [-0.2, -0.15) is 0 Å². The summed E-state index contributed by atoms with van der Waals surface area (Å²) >= 11 is 0. The van der Waals surface area contributed by atoms with E-state index in [9.17, 15) is 18.8 Å². The van der Waals surface area contributed by atoms with Gasteiger partial charge in [-0.05, 0) is 49.6 Å². The summed E-state index contributed by atoms with van der Waals surface area (Å²) in [6.45, 7) is 3.49. The second kappa shape index (κ2) is 10.7. The Bertz CT molecular complexity index is 939. The molecule has 0 atom stereocenters. The van der Waals surface area contributed by atoms with Gasteiger partial charge in [0.05, 0.1) is 11.3 Å². The van der Waals surface area contributed by atoms with Gasteiger partial charge in [0.2, 0.25) is 5.91 Å². The third kappa shape index (κ3) is 5.90. The lowest BCUT2D eigenvalue weighted by atomic mass is 9.95. The monoisotopic (exact) mass is 425 g/mol.